The predicted octanol–water partition coefficient (Wildman–Crippen LogP) is 3.36. The first-order chi connectivity index (χ1) is 12.6. The number of amides is 1. The van der Waals surface area contributed by atoms with Crippen molar-refractivity contribution in [2.75, 3.05) is 6.54 Å². The van der Waals surface area contributed by atoms with Crippen molar-refractivity contribution >= 4 is 5.91 Å². The van der Waals surface area contributed by atoms with Crippen LogP contribution in [-0.2, 0) is 24.2 Å². The Labute approximate surface area is 152 Å². The highest BCUT2D eigenvalue weighted by atomic mass is 16.5. The third-order valence-electron chi connectivity index (χ3n) is 4.13. The molecule has 2 heterocycles. The van der Waals surface area contributed by atoms with Crippen molar-refractivity contribution < 1.29 is 18.5 Å². The molecule has 0 aliphatic carbocycles. The number of hydrogen-bond donors (Lipinski definition) is 1. The summed E-state index contributed by atoms with van der Waals surface area (Å²) < 4.78 is 16.1. The van der Waals surface area contributed by atoms with Crippen LogP contribution in [0.2, 0.25) is 0 Å². The van der Waals surface area contributed by atoms with E-state index in [1.165, 1.54) is 0 Å². The molecule has 0 aliphatic heterocycles. The minimum atomic E-state index is -0.0130. The van der Waals surface area contributed by atoms with Gasteiger partial charge in [0.1, 0.15) is 23.9 Å². The summed E-state index contributed by atoms with van der Waals surface area (Å²) in [6.07, 6.45) is 2.65. The molecule has 0 atom stereocenters. The van der Waals surface area contributed by atoms with Crippen LogP contribution in [0.4, 0.5) is 0 Å². The number of aromatic nitrogens is 1. The average Bonchev–Trinajstić information content (AvgIpc) is 3.25. The van der Waals surface area contributed by atoms with Crippen molar-refractivity contribution in [3.05, 3.63) is 71.0 Å². The van der Waals surface area contributed by atoms with Crippen LogP contribution in [0.1, 0.15) is 28.3 Å². The van der Waals surface area contributed by atoms with Crippen molar-refractivity contribution in [3.63, 3.8) is 0 Å². The minimum absolute atomic E-state index is 0.0130. The Morgan fingerprint density at radius 2 is 2.00 bits per heavy atom. The summed E-state index contributed by atoms with van der Waals surface area (Å²) in [6.45, 7) is 4.73. The molecule has 0 aliphatic rings. The topological polar surface area (TPSA) is 77.5 Å². The van der Waals surface area contributed by atoms with Crippen LogP contribution in [0, 0.1) is 13.8 Å². The summed E-state index contributed by atoms with van der Waals surface area (Å²) in [6, 6.07) is 11.3. The maximum atomic E-state index is 12.0. The zero-order valence-corrected chi connectivity index (χ0v) is 15.0. The van der Waals surface area contributed by atoms with Gasteiger partial charge in [0.2, 0.25) is 5.91 Å². The Morgan fingerprint density at radius 3 is 2.65 bits per heavy atom. The molecule has 0 fully saturated rings. The zero-order valence-electron chi connectivity index (χ0n) is 15.0. The van der Waals surface area contributed by atoms with E-state index in [1.54, 1.807) is 6.26 Å². The molecular formula is C20H22N2O4. The molecule has 6 heteroatoms. The van der Waals surface area contributed by atoms with Gasteiger partial charge in [0.15, 0.2) is 0 Å². The monoisotopic (exact) mass is 354 g/mol. The number of carbonyl (C=O) groups is 1. The molecule has 0 radical (unpaired) electrons. The summed E-state index contributed by atoms with van der Waals surface area (Å²) in [5, 5.41) is 6.80. The van der Waals surface area contributed by atoms with Gasteiger partial charge in [0.05, 0.1) is 23.9 Å². The van der Waals surface area contributed by atoms with Crippen molar-refractivity contribution in [1.82, 2.24) is 10.5 Å². The van der Waals surface area contributed by atoms with Gasteiger partial charge in [-0.25, -0.2) is 0 Å². The van der Waals surface area contributed by atoms with Crippen LogP contribution >= 0.6 is 0 Å². The van der Waals surface area contributed by atoms with Crippen LogP contribution in [0.25, 0.3) is 0 Å². The third-order valence-corrected chi connectivity index (χ3v) is 4.13. The summed E-state index contributed by atoms with van der Waals surface area (Å²) >= 11 is 0. The van der Waals surface area contributed by atoms with Gasteiger partial charge in [-0.2, -0.15) is 0 Å². The maximum Gasteiger partial charge on any atom is 0.224 e. The van der Waals surface area contributed by atoms with E-state index < -0.39 is 0 Å². The van der Waals surface area contributed by atoms with Crippen molar-refractivity contribution in [2.24, 2.45) is 0 Å². The minimum Gasteiger partial charge on any atom is -0.489 e. The van der Waals surface area contributed by atoms with Crippen LogP contribution in [0.3, 0.4) is 0 Å². The lowest BCUT2D eigenvalue weighted by molar-refractivity contribution is -0.120. The highest BCUT2D eigenvalue weighted by molar-refractivity contribution is 5.78. The predicted molar refractivity (Wildman–Crippen MR) is 95.9 cm³/mol. The number of furan rings is 1. The number of rotatable bonds is 8. The van der Waals surface area contributed by atoms with Gasteiger partial charge >= 0.3 is 0 Å². The highest BCUT2D eigenvalue weighted by Crippen LogP contribution is 2.18. The lowest BCUT2D eigenvalue weighted by atomic mass is 10.1. The van der Waals surface area contributed by atoms with Gasteiger partial charge in [0.25, 0.3) is 0 Å². The van der Waals surface area contributed by atoms with Crippen molar-refractivity contribution in [1.29, 1.82) is 0 Å². The largest absolute Gasteiger partial charge is 0.489 e. The molecule has 6 nitrogen and oxygen atoms in total. The van der Waals surface area contributed by atoms with Crippen molar-refractivity contribution in [3.8, 4) is 5.75 Å². The Bertz CT molecular complexity index is 816. The van der Waals surface area contributed by atoms with Gasteiger partial charge in [-0.15, -0.1) is 0 Å². The molecule has 26 heavy (non-hydrogen) atoms. The van der Waals surface area contributed by atoms with Gasteiger partial charge in [0, 0.05) is 13.0 Å². The molecule has 0 spiro atoms. The van der Waals surface area contributed by atoms with E-state index in [0.717, 1.165) is 34.1 Å². The SMILES string of the molecule is Cc1noc(C)c1COc1ccc(CC(=O)NCCc2ccco2)cc1. The highest BCUT2D eigenvalue weighted by Gasteiger charge is 2.10. The van der Waals surface area contributed by atoms with E-state index >= 15 is 0 Å². The summed E-state index contributed by atoms with van der Waals surface area (Å²) in [5.74, 6) is 2.36. The molecule has 1 N–H and O–H groups in total. The van der Waals surface area contributed by atoms with E-state index in [-0.39, 0.29) is 5.91 Å². The molecule has 0 unspecified atom stereocenters. The van der Waals surface area contributed by atoms with E-state index in [2.05, 4.69) is 10.5 Å². The molecule has 3 aromatic rings. The third kappa shape index (κ3) is 4.75. The number of carbonyl (C=O) groups excluding carboxylic acids is 1. The molecule has 1 amide bonds. The van der Waals surface area contributed by atoms with Crippen LogP contribution in [0.5, 0.6) is 5.75 Å². The van der Waals surface area contributed by atoms with Gasteiger partial charge in [-0.3, -0.25) is 4.79 Å². The van der Waals surface area contributed by atoms with E-state index in [0.29, 0.717) is 26.0 Å². The normalized spacial score (nSPS) is 10.7. The second kappa shape index (κ2) is 8.38. The van der Waals surface area contributed by atoms with Gasteiger partial charge < -0.3 is 19.0 Å². The molecule has 0 saturated carbocycles. The summed E-state index contributed by atoms with van der Waals surface area (Å²) in [4.78, 5) is 12.0. The second-order valence-electron chi connectivity index (χ2n) is 6.09. The Morgan fingerprint density at radius 1 is 1.19 bits per heavy atom. The average molecular weight is 354 g/mol. The Kier molecular flexibility index (Phi) is 5.73. The van der Waals surface area contributed by atoms with Gasteiger partial charge in [-0.1, -0.05) is 17.3 Å². The number of ether oxygens (including phenoxy) is 1. The number of nitrogens with one attached hydrogen (secondary N) is 1. The summed E-state index contributed by atoms with van der Waals surface area (Å²) in [7, 11) is 0. The lowest BCUT2D eigenvalue weighted by Gasteiger charge is -2.08. The molecular weight excluding hydrogens is 332 g/mol. The molecule has 2 aromatic heterocycles. The number of benzene rings is 1. The van der Waals surface area contributed by atoms with E-state index in [9.17, 15) is 4.79 Å². The van der Waals surface area contributed by atoms with Crippen LogP contribution in [0.15, 0.2) is 51.6 Å². The maximum absolute atomic E-state index is 12.0. The van der Waals surface area contributed by atoms with Crippen LogP contribution < -0.4 is 10.1 Å². The Hall–Kier alpha value is -3.02. The smallest absolute Gasteiger partial charge is 0.224 e. The van der Waals surface area contributed by atoms with E-state index in [1.807, 2.05) is 50.2 Å². The molecule has 3 rings (SSSR count). The molecule has 136 valence electrons. The van der Waals surface area contributed by atoms with Gasteiger partial charge in [-0.05, 0) is 43.7 Å². The Balaban J connectivity index is 1.44. The first-order valence-corrected chi connectivity index (χ1v) is 8.54. The fourth-order valence-corrected chi connectivity index (χ4v) is 2.59. The number of aryl methyl sites for hydroxylation is 2. The molecule has 0 bridgehead atoms. The summed E-state index contributed by atoms with van der Waals surface area (Å²) in [5.41, 5.74) is 2.74. The molecule has 0 saturated heterocycles. The fraction of sp³-hybridized carbons (Fsp3) is 0.300. The molecule has 1 aromatic carbocycles. The number of hydrogen-bond acceptors (Lipinski definition) is 5. The van der Waals surface area contributed by atoms with Crippen LogP contribution in [-0.4, -0.2) is 17.6 Å². The van der Waals surface area contributed by atoms with Crippen molar-refractivity contribution in [2.45, 2.75) is 33.3 Å². The first kappa shape index (κ1) is 17.8. The zero-order chi connectivity index (χ0) is 18.4. The standard InChI is InChI=1S/C20H22N2O4/c1-14-19(15(2)26-22-14)13-25-18-7-5-16(6-8-18)12-20(23)21-10-9-17-4-3-11-24-17/h3-8,11H,9-10,12-13H2,1-2H3,(H,21,23). The first-order valence-electron chi connectivity index (χ1n) is 8.54. The quantitative estimate of drug-likeness (QED) is 0.671. The van der Waals surface area contributed by atoms with E-state index in [4.69, 9.17) is 13.7 Å². The number of nitrogens with zero attached hydrogens (tertiary/aromatic N) is 1. The lowest BCUT2D eigenvalue weighted by Crippen LogP contribution is -2.27. The second-order valence-corrected chi connectivity index (χ2v) is 6.09. The fourth-order valence-electron chi connectivity index (χ4n) is 2.59.